The molecule has 0 amide bonds. The summed E-state index contributed by atoms with van der Waals surface area (Å²) in [6.07, 6.45) is 88.3. The molecule has 0 aliphatic carbocycles. The summed E-state index contributed by atoms with van der Waals surface area (Å²) in [5.41, 5.74) is 0. The van der Waals surface area contributed by atoms with Crippen LogP contribution in [0.1, 0.15) is 425 Å². The van der Waals surface area contributed by atoms with Gasteiger partial charge in [0.05, 0.1) is 0 Å². The fourth-order valence-corrected chi connectivity index (χ4v) is 11.6. The van der Waals surface area contributed by atoms with Crippen molar-refractivity contribution >= 4 is 17.9 Å². The molecule has 0 aliphatic heterocycles. The van der Waals surface area contributed by atoms with Crippen molar-refractivity contribution in [1.82, 2.24) is 0 Å². The van der Waals surface area contributed by atoms with Gasteiger partial charge in [-0.15, -0.1) is 0 Å². The van der Waals surface area contributed by atoms with Gasteiger partial charge in [-0.05, 0) is 70.6 Å². The van der Waals surface area contributed by atoms with E-state index >= 15 is 0 Å². The second-order valence-corrected chi connectivity index (χ2v) is 25.6. The third-order valence-electron chi connectivity index (χ3n) is 17.2. The highest BCUT2D eigenvalue weighted by molar-refractivity contribution is 5.71. The Hall–Kier alpha value is -2.11. The molecule has 0 saturated carbocycles. The van der Waals surface area contributed by atoms with Crippen LogP contribution in [-0.4, -0.2) is 37.2 Å². The summed E-state index contributed by atoms with van der Waals surface area (Å²) in [6, 6.07) is 0. The Labute approximate surface area is 513 Å². The zero-order valence-corrected chi connectivity index (χ0v) is 55.8. The summed E-state index contributed by atoms with van der Waals surface area (Å²) in [7, 11) is 0. The van der Waals surface area contributed by atoms with Gasteiger partial charge in [0.25, 0.3) is 0 Å². The van der Waals surface area contributed by atoms with Crippen LogP contribution >= 0.6 is 0 Å². The summed E-state index contributed by atoms with van der Waals surface area (Å²) in [4.78, 5) is 38.3. The van der Waals surface area contributed by atoms with Crippen LogP contribution in [-0.2, 0) is 28.6 Å². The van der Waals surface area contributed by atoms with Crippen LogP contribution in [0.2, 0.25) is 0 Å². The van der Waals surface area contributed by atoms with Crippen LogP contribution in [0.5, 0.6) is 0 Å². The smallest absolute Gasteiger partial charge is 0.306 e. The first kappa shape index (κ1) is 79.9. The molecule has 6 heteroatoms. The highest BCUT2D eigenvalue weighted by Gasteiger charge is 2.20. The van der Waals surface area contributed by atoms with Crippen molar-refractivity contribution in [3.8, 4) is 0 Å². The molecule has 484 valence electrons. The normalized spacial score (nSPS) is 12.1. The van der Waals surface area contributed by atoms with E-state index in [0.29, 0.717) is 19.3 Å². The Morgan fingerprint density at radius 2 is 0.402 bits per heavy atom. The molecule has 0 aliphatic rings. The van der Waals surface area contributed by atoms with Crippen LogP contribution in [0.15, 0.2) is 24.3 Å². The molecule has 0 heterocycles. The number of carbonyl (C=O) groups is 3. The number of hydrogen-bond donors (Lipinski definition) is 0. The van der Waals surface area contributed by atoms with E-state index in [1.54, 1.807) is 0 Å². The Morgan fingerprint density at radius 3 is 0.610 bits per heavy atom. The molecular formula is C76H144O6. The molecule has 1 unspecified atom stereocenters. The maximum absolute atomic E-state index is 12.9. The van der Waals surface area contributed by atoms with Crippen molar-refractivity contribution in [1.29, 1.82) is 0 Å². The number of rotatable bonds is 70. The van der Waals surface area contributed by atoms with Gasteiger partial charge in [-0.1, -0.05) is 360 Å². The average Bonchev–Trinajstić information content (AvgIpc) is 3.47. The molecule has 0 bridgehead atoms. The Bertz CT molecular complexity index is 1320. The fraction of sp³-hybridized carbons (Fsp3) is 0.908. The zero-order valence-electron chi connectivity index (χ0n) is 55.8. The summed E-state index contributed by atoms with van der Waals surface area (Å²) in [6.45, 7) is 6.69. The Balaban J connectivity index is 3.99. The van der Waals surface area contributed by atoms with Crippen LogP contribution in [0.3, 0.4) is 0 Å². The molecule has 6 nitrogen and oxygen atoms in total. The number of allylic oxidation sites excluding steroid dienone is 4. The standard InChI is InChI=1S/C76H144O6/c1-4-7-10-13-16-19-21-23-25-27-29-31-33-34-35-36-37-38-39-40-41-42-44-45-47-49-51-53-55-57-60-63-66-69-75(78)81-72-73(71-80-74(77)68-65-62-59-18-15-12-9-6-3)82-76(79)70-67-64-61-58-56-54-52-50-48-46-43-32-30-28-26-24-22-20-17-14-11-8-5-2/h27-30,73H,4-26,31-72H2,1-3H3/b29-27-,30-28-. The van der Waals surface area contributed by atoms with Gasteiger partial charge in [0.1, 0.15) is 13.2 Å². The number of esters is 3. The summed E-state index contributed by atoms with van der Waals surface area (Å²) in [5, 5.41) is 0. The first-order valence-corrected chi connectivity index (χ1v) is 37.3. The highest BCUT2D eigenvalue weighted by atomic mass is 16.6. The van der Waals surface area contributed by atoms with E-state index in [-0.39, 0.29) is 31.1 Å². The van der Waals surface area contributed by atoms with Gasteiger partial charge in [0, 0.05) is 19.3 Å². The van der Waals surface area contributed by atoms with Crippen molar-refractivity contribution in [3.05, 3.63) is 24.3 Å². The molecule has 0 rings (SSSR count). The second-order valence-electron chi connectivity index (χ2n) is 25.6. The summed E-state index contributed by atoms with van der Waals surface area (Å²) in [5.74, 6) is -0.840. The SMILES string of the molecule is CCCCCCCCCC/C=C\CCCCCCCCCCCCCCCCCCCCCCCC(=O)OCC(COC(=O)CCCCCCCCCC)OC(=O)CCCCCCCCCCCCC/C=C\CCCCCCCCCC. The van der Waals surface area contributed by atoms with Crippen LogP contribution < -0.4 is 0 Å². The van der Waals surface area contributed by atoms with Crippen LogP contribution in [0.4, 0.5) is 0 Å². The van der Waals surface area contributed by atoms with E-state index in [0.717, 1.165) is 57.8 Å². The number of ether oxygens (including phenoxy) is 3. The molecule has 0 spiro atoms. The van der Waals surface area contributed by atoms with Gasteiger partial charge in [0.15, 0.2) is 6.10 Å². The lowest BCUT2D eigenvalue weighted by atomic mass is 10.0. The van der Waals surface area contributed by atoms with Gasteiger partial charge in [-0.25, -0.2) is 0 Å². The molecular weight excluding hydrogens is 1010 g/mol. The Morgan fingerprint density at radius 1 is 0.232 bits per heavy atom. The van der Waals surface area contributed by atoms with Crippen molar-refractivity contribution in [2.75, 3.05) is 13.2 Å². The fourth-order valence-electron chi connectivity index (χ4n) is 11.6. The largest absolute Gasteiger partial charge is 0.462 e. The maximum atomic E-state index is 12.9. The van der Waals surface area contributed by atoms with Crippen molar-refractivity contribution in [3.63, 3.8) is 0 Å². The minimum absolute atomic E-state index is 0.0651. The van der Waals surface area contributed by atoms with Crippen molar-refractivity contribution in [2.45, 2.75) is 431 Å². The third-order valence-corrected chi connectivity index (χ3v) is 17.2. The zero-order chi connectivity index (χ0) is 59.2. The quantitative estimate of drug-likeness (QED) is 0.0261. The molecule has 0 aromatic rings. The lowest BCUT2D eigenvalue weighted by Crippen LogP contribution is -2.30. The van der Waals surface area contributed by atoms with Crippen molar-refractivity contribution in [2.24, 2.45) is 0 Å². The molecule has 82 heavy (non-hydrogen) atoms. The monoisotopic (exact) mass is 1150 g/mol. The van der Waals surface area contributed by atoms with Gasteiger partial charge < -0.3 is 14.2 Å². The predicted molar refractivity (Wildman–Crippen MR) is 358 cm³/mol. The van der Waals surface area contributed by atoms with E-state index in [9.17, 15) is 14.4 Å². The highest BCUT2D eigenvalue weighted by Crippen LogP contribution is 2.19. The van der Waals surface area contributed by atoms with E-state index in [1.165, 1.54) is 327 Å². The number of carbonyl (C=O) groups excluding carboxylic acids is 3. The van der Waals surface area contributed by atoms with Crippen LogP contribution in [0, 0.1) is 0 Å². The first-order valence-electron chi connectivity index (χ1n) is 37.3. The minimum Gasteiger partial charge on any atom is -0.462 e. The molecule has 0 aromatic heterocycles. The third kappa shape index (κ3) is 68.7. The first-order chi connectivity index (χ1) is 40.5. The van der Waals surface area contributed by atoms with E-state index in [2.05, 4.69) is 45.1 Å². The molecule has 0 radical (unpaired) electrons. The predicted octanol–water partition coefficient (Wildman–Crippen LogP) is 25.7. The van der Waals surface area contributed by atoms with E-state index in [4.69, 9.17) is 14.2 Å². The molecule has 0 N–H and O–H groups in total. The van der Waals surface area contributed by atoms with Gasteiger partial charge in [-0.2, -0.15) is 0 Å². The van der Waals surface area contributed by atoms with E-state index < -0.39 is 6.10 Å². The molecule has 1 atom stereocenters. The molecule has 0 saturated heterocycles. The number of unbranched alkanes of at least 4 members (excludes halogenated alkanes) is 55. The second kappa shape index (κ2) is 71.4. The number of hydrogen-bond acceptors (Lipinski definition) is 6. The summed E-state index contributed by atoms with van der Waals surface area (Å²) >= 11 is 0. The Kier molecular flexibility index (Phi) is 69.5. The molecule has 0 fully saturated rings. The van der Waals surface area contributed by atoms with Gasteiger partial charge >= 0.3 is 17.9 Å². The van der Waals surface area contributed by atoms with Gasteiger partial charge in [0.2, 0.25) is 0 Å². The summed E-state index contributed by atoms with van der Waals surface area (Å²) < 4.78 is 16.9. The lowest BCUT2D eigenvalue weighted by molar-refractivity contribution is -0.167. The maximum Gasteiger partial charge on any atom is 0.306 e. The lowest BCUT2D eigenvalue weighted by Gasteiger charge is -2.18. The van der Waals surface area contributed by atoms with Crippen molar-refractivity contribution < 1.29 is 28.6 Å². The minimum atomic E-state index is -0.767. The van der Waals surface area contributed by atoms with Gasteiger partial charge in [-0.3, -0.25) is 14.4 Å². The van der Waals surface area contributed by atoms with E-state index in [1.807, 2.05) is 0 Å². The topological polar surface area (TPSA) is 78.9 Å². The van der Waals surface area contributed by atoms with Crippen LogP contribution in [0.25, 0.3) is 0 Å². The molecule has 0 aromatic carbocycles. The average molecular weight is 1150 g/mol.